The van der Waals surface area contributed by atoms with Crippen molar-refractivity contribution in [1.82, 2.24) is 0 Å². The second-order valence-corrected chi connectivity index (χ2v) is 10.0. The highest BCUT2D eigenvalue weighted by molar-refractivity contribution is 7.89. The van der Waals surface area contributed by atoms with Crippen LogP contribution in [-0.4, -0.2) is 15.5 Å². The molecule has 0 bridgehead atoms. The van der Waals surface area contributed by atoms with Gasteiger partial charge in [0.15, 0.2) is 5.43 Å². The van der Waals surface area contributed by atoms with Gasteiger partial charge >= 0.3 is 0 Å². The third-order valence-corrected chi connectivity index (χ3v) is 7.39. The average Bonchev–Trinajstić information content (AvgIpc) is 2.73. The Kier molecular flexibility index (Phi) is 5.61. The zero-order chi connectivity index (χ0) is 22.3. The number of halogens is 1. The molecule has 0 aliphatic heterocycles. The molecular formula is C23H18ClNO4S2. The number of hydrogen-bond donors (Lipinski definition) is 1. The van der Waals surface area contributed by atoms with E-state index in [-0.39, 0.29) is 10.3 Å². The maximum atomic E-state index is 13.5. The van der Waals surface area contributed by atoms with Crippen LogP contribution in [0.3, 0.4) is 0 Å². The second kappa shape index (κ2) is 8.09. The number of primary sulfonamides is 1. The van der Waals surface area contributed by atoms with E-state index in [2.05, 4.69) is 0 Å². The number of methoxy groups -OCH3 is 1. The molecular weight excluding hydrogens is 454 g/mol. The van der Waals surface area contributed by atoms with Crippen molar-refractivity contribution in [1.29, 1.82) is 0 Å². The Bertz CT molecular complexity index is 1450. The number of fused-ring (bicyclic) bond motifs is 1. The lowest BCUT2D eigenvalue weighted by molar-refractivity contribution is 0.412. The molecule has 1 heterocycles. The minimum absolute atomic E-state index is 0.00859. The van der Waals surface area contributed by atoms with Gasteiger partial charge in [-0.15, -0.1) is 11.3 Å². The highest BCUT2D eigenvalue weighted by atomic mass is 35.5. The van der Waals surface area contributed by atoms with E-state index in [1.165, 1.54) is 23.5 Å². The van der Waals surface area contributed by atoms with E-state index in [1.54, 1.807) is 31.4 Å². The summed E-state index contributed by atoms with van der Waals surface area (Å²) in [5, 5.41) is 6.24. The lowest BCUT2D eigenvalue weighted by Crippen LogP contribution is -2.11. The van der Waals surface area contributed by atoms with Crippen molar-refractivity contribution in [3.05, 3.63) is 81.5 Å². The van der Waals surface area contributed by atoms with Gasteiger partial charge in [0.2, 0.25) is 10.0 Å². The summed E-state index contributed by atoms with van der Waals surface area (Å²) in [4.78, 5) is 14.3. The van der Waals surface area contributed by atoms with E-state index >= 15 is 0 Å². The van der Waals surface area contributed by atoms with Gasteiger partial charge in [-0.05, 0) is 60.0 Å². The average molecular weight is 472 g/mol. The third-order valence-electron chi connectivity index (χ3n) is 4.96. The number of ether oxygens (including phenoxy) is 1. The van der Waals surface area contributed by atoms with E-state index in [0.29, 0.717) is 37.7 Å². The molecule has 0 radical (unpaired) electrons. The van der Waals surface area contributed by atoms with Crippen LogP contribution in [0.15, 0.2) is 70.4 Å². The summed E-state index contributed by atoms with van der Waals surface area (Å²) >= 11 is 7.88. The van der Waals surface area contributed by atoms with Gasteiger partial charge in [-0.2, -0.15) is 0 Å². The molecule has 0 fully saturated rings. The molecule has 31 heavy (non-hydrogen) atoms. The van der Waals surface area contributed by atoms with Gasteiger partial charge in [-0.3, -0.25) is 4.79 Å². The maximum absolute atomic E-state index is 13.5. The van der Waals surface area contributed by atoms with Crippen molar-refractivity contribution in [2.75, 3.05) is 7.11 Å². The van der Waals surface area contributed by atoms with Crippen LogP contribution in [0.1, 0.15) is 5.56 Å². The molecule has 4 rings (SSSR count). The zero-order valence-electron chi connectivity index (χ0n) is 16.7. The first-order valence-corrected chi connectivity index (χ1v) is 12.0. The minimum Gasteiger partial charge on any atom is -0.495 e. The third kappa shape index (κ3) is 3.97. The van der Waals surface area contributed by atoms with Crippen molar-refractivity contribution in [3.8, 4) is 27.3 Å². The van der Waals surface area contributed by atoms with Crippen molar-refractivity contribution in [2.24, 2.45) is 5.14 Å². The van der Waals surface area contributed by atoms with Crippen LogP contribution >= 0.6 is 22.9 Å². The first kappa shape index (κ1) is 21.5. The predicted molar refractivity (Wildman–Crippen MR) is 127 cm³/mol. The van der Waals surface area contributed by atoms with E-state index in [4.69, 9.17) is 21.5 Å². The maximum Gasteiger partial charge on any atom is 0.238 e. The van der Waals surface area contributed by atoms with Crippen LogP contribution in [-0.2, 0) is 10.0 Å². The van der Waals surface area contributed by atoms with E-state index in [0.717, 1.165) is 10.3 Å². The zero-order valence-corrected chi connectivity index (χ0v) is 19.1. The van der Waals surface area contributed by atoms with E-state index in [9.17, 15) is 13.2 Å². The van der Waals surface area contributed by atoms with Crippen molar-refractivity contribution in [2.45, 2.75) is 11.8 Å². The summed E-state index contributed by atoms with van der Waals surface area (Å²) < 4.78 is 29.5. The Morgan fingerprint density at radius 2 is 1.68 bits per heavy atom. The number of nitrogens with two attached hydrogens (primary N) is 1. The van der Waals surface area contributed by atoms with Crippen molar-refractivity contribution < 1.29 is 13.2 Å². The molecule has 0 amide bonds. The van der Waals surface area contributed by atoms with Crippen LogP contribution < -0.4 is 15.3 Å². The Morgan fingerprint density at radius 3 is 2.29 bits per heavy atom. The molecule has 0 saturated heterocycles. The summed E-state index contributed by atoms with van der Waals surface area (Å²) in [5.74, 6) is 0.557. The van der Waals surface area contributed by atoms with Gasteiger partial charge in [-0.1, -0.05) is 35.9 Å². The van der Waals surface area contributed by atoms with Gasteiger partial charge < -0.3 is 4.74 Å². The quantitative estimate of drug-likeness (QED) is 0.442. The molecule has 158 valence electrons. The van der Waals surface area contributed by atoms with Gasteiger partial charge in [-0.25, -0.2) is 13.6 Å². The highest BCUT2D eigenvalue weighted by Gasteiger charge is 2.19. The first-order valence-electron chi connectivity index (χ1n) is 9.24. The van der Waals surface area contributed by atoms with Gasteiger partial charge in [0.05, 0.1) is 17.0 Å². The van der Waals surface area contributed by atoms with Crippen LogP contribution in [0.5, 0.6) is 5.75 Å². The van der Waals surface area contributed by atoms with Crippen LogP contribution in [0.25, 0.3) is 31.7 Å². The summed E-state index contributed by atoms with van der Waals surface area (Å²) in [6.07, 6.45) is 0. The molecule has 0 atom stereocenters. The van der Waals surface area contributed by atoms with Crippen LogP contribution in [0.2, 0.25) is 5.02 Å². The Hall–Kier alpha value is -2.71. The monoisotopic (exact) mass is 471 g/mol. The fraction of sp³-hybridized carbons (Fsp3) is 0.0870. The molecule has 2 N–H and O–H groups in total. The predicted octanol–water partition coefficient (Wildman–Crippen LogP) is 5.21. The molecule has 4 aromatic rings. The number of hydrogen-bond acceptors (Lipinski definition) is 5. The normalized spacial score (nSPS) is 11.6. The second-order valence-electron chi connectivity index (χ2n) is 7.01. The molecule has 0 unspecified atom stereocenters. The lowest BCUT2D eigenvalue weighted by Gasteiger charge is -2.14. The Morgan fingerprint density at radius 1 is 1.00 bits per heavy atom. The SMILES string of the molecule is COc1c(C)cc(-c2c(-c3ccc(S(N)(=O)=O)cc3)sc3ccccc3c2=O)cc1Cl. The molecule has 8 heteroatoms. The van der Waals surface area contributed by atoms with Gasteiger partial charge in [0, 0.05) is 20.5 Å². The minimum atomic E-state index is -3.82. The molecule has 3 aromatic carbocycles. The smallest absolute Gasteiger partial charge is 0.238 e. The topological polar surface area (TPSA) is 86.5 Å². The number of aryl methyl sites for hydroxylation is 1. The standard InChI is InChI=1S/C23H18ClNO4S2/c1-13-11-15(12-18(24)22(13)29-2)20-21(26)17-5-3-4-6-19(17)30-23(20)14-7-9-16(10-8-14)31(25,27)28/h3-12H,1-2H3,(H2,25,27,28). The summed E-state index contributed by atoms with van der Waals surface area (Å²) in [6, 6.07) is 17.2. The molecule has 5 nitrogen and oxygen atoms in total. The summed E-state index contributed by atoms with van der Waals surface area (Å²) in [6.45, 7) is 1.86. The molecule has 0 spiro atoms. The molecule has 1 aromatic heterocycles. The summed E-state index contributed by atoms with van der Waals surface area (Å²) in [7, 11) is -2.27. The number of sulfonamides is 1. The Balaban J connectivity index is 2.05. The van der Waals surface area contributed by atoms with E-state index < -0.39 is 10.0 Å². The van der Waals surface area contributed by atoms with Crippen molar-refractivity contribution >= 4 is 43.0 Å². The van der Waals surface area contributed by atoms with Crippen LogP contribution in [0.4, 0.5) is 0 Å². The lowest BCUT2D eigenvalue weighted by atomic mass is 9.98. The summed E-state index contributed by atoms with van der Waals surface area (Å²) in [5.41, 5.74) is 2.55. The molecule has 0 saturated carbocycles. The highest BCUT2D eigenvalue weighted by Crippen LogP contribution is 2.40. The number of rotatable bonds is 4. The van der Waals surface area contributed by atoms with Gasteiger partial charge in [0.1, 0.15) is 5.75 Å². The van der Waals surface area contributed by atoms with Crippen LogP contribution in [0, 0.1) is 6.92 Å². The largest absolute Gasteiger partial charge is 0.495 e. The first-order chi connectivity index (χ1) is 14.7. The molecule has 0 aliphatic carbocycles. The fourth-order valence-electron chi connectivity index (χ4n) is 3.54. The molecule has 0 aliphatic rings. The fourth-order valence-corrected chi connectivity index (χ4v) is 5.60. The van der Waals surface area contributed by atoms with Gasteiger partial charge in [0.25, 0.3) is 0 Å². The number of benzene rings is 3. The van der Waals surface area contributed by atoms with E-state index in [1.807, 2.05) is 31.2 Å². The Labute approximate surface area is 188 Å². The van der Waals surface area contributed by atoms with Crippen molar-refractivity contribution in [3.63, 3.8) is 0 Å².